The van der Waals surface area contributed by atoms with Crippen molar-refractivity contribution in [1.82, 2.24) is 15.0 Å². The molecule has 0 amide bonds. The Morgan fingerprint density at radius 1 is 1.20 bits per heavy atom. The van der Waals surface area contributed by atoms with Crippen molar-refractivity contribution in [1.29, 1.82) is 0 Å². The number of hydrogen-bond acceptors (Lipinski definition) is 5. The Bertz CT molecular complexity index is 880. The molecule has 0 aliphatic heterocycles. The van der Waals surface area contributed by atoms with E-state index in [0.717, 1.165) is 17.4 Å². The second kappa shape index (κ2) is 7.57. The molecule has 0 aliphatic rings. The molecule has 128 valence electrons. The van der Waals surface area contributed by atoms with E-state index in [4.69, 9.17) is 9.47 Å². The molecule has 0 saturated carbocycles. The van der Waals surface area contributed by atoms with E-state index in [9.17, 15) is 9.18 Å². The van der Waals surface area contributed by atoms with Gasteiger partial charge in [0.05, 0.1) is 25.4 Å². The molecule has 1 heterocycles. The van der Waals surface area contributed by atoms with E-state index < -0.39 is 5.82 Å². The minimum Gasteiger partial charge on any atom is -0.496 e. The summed E-state index contributed by atoms with van der Waals surface area (Å²) in [5, 5.41) is 8.10. The van der Waals surface area contributed by atoms with Gasteiger partial charge in [-0.2, -0.15) is 0 Å². The van der Waals surface area contributed by atoms with Crippen molar-refractivity contribution in [2.24, 2.45) is 0 Å². The predicted octanol–water partition coefficient (Wildman–Crippen LogP) is 2.87. The highest BCUT2D eigenvalue weighted by Gasteiger charge is 2.08. The third-order valence-electron chi connectivity index (χ3n) is 3.59. The summed E-state index contributed by atoms with van der Waals surface area (Å²) in [7, 11) is 1.62. The first-order valence-electron chi connectivity index (χ1n) is 7.58. The Morgan fingerprint density at radius 2 is 2.04 bits per heavy atom. The topological polar surface area (TPSA) is 66.2 Å². The van der Waals surface area contributed by atoms with Crippen molar-refractivity contribution >= 4 is 6.29 Å². The van der Waals surface area contributed by atoms with E-state index in [1.165, 1.54) is 12.1 Å². The van der Waals surface area contributed by atoms with Crippen LogP contribution in [0.2, 0.25) is 0 Å². The summed E-state index contributed by atoms with van der Waals surface area (Å²) in [5.74, 6) is 0.589. The fourth-order valence-electron chi connectivity index (χ4n) is 2.38. The number of rotatable bonds is 7. The molecule has 2 aromatic carbocycles. The number of para-hydroxylation sites is 1. The molecule has 0 atom stereocenters. The van der Waals surface area contributed by atoms with Gasteiger partial charge in [0.25, 0.3) is 0 Å². The lowest BCUT2D eigenvalue weighted by Gasteiger charge is -2.07. The maximum Gasteiger partial charge on any atom is 0.153 e. The monoisotopic (exact) mass is 341 g/mol. The summed E-state index contributed by atoms with van der Waals surface area (Å²) in [5.41, 5.74) is 1.72. The van der Waals surface area contributed by atoms with E-state index in [-0.39, 0.29) is 12.2 Å². The number of carbonyl (C=O) groups excluding carboxylic acids is 1. The van der Waals surface area contributed by atoms with E-state index in [0.29, 0.717) is 24.3 Å². The van der Waals surface area contributed by atoms with Crippen LogP contribution in [0.3, 0.4) is 0 Å². The molecule has 6 nitrogen and oxygen atoms in total. The maximum absolute atomic E-state index is 13.1. The number of methoxy groups -OCH3 is 1. The minimum atomic E-state index is -0.489. The van der Waals surface area contributed by atoms with Crippen molar-refractivity contribution < 1.29 is 18.7 Å². The van der Waals surface area contributed by atoms with Crippen LogP contribution in [0.15, 0.2) is 48.7 Å². The van der Waals surface area contributed by atoms with Crippen molar-refractivity contribution in [3.63, 3.8) is 0 Å². The van der Waals surface area contributed by atoms with Gasteiger partial charge in [0.2, 0.25) is 0 Å². The highest BCUT2D eigenvalue weighted by Crippen LogP contribution is 2.20. The predicted molar refractivity (Wildman–Crippen MR) is 88.2 cm³/mol. The van der Waals surface area contributed by atoms with E-state index in [2.05, 4.69) is 10.3 Å². The number of carbonyl (C=O) groups is 1. The first kappa shape index (κ1) is 16.6. The van der Waals surface area contributed by atoms with Crippen molar-refractivity contribution in [3.05, 3.63) is 71.3 Å². The molecule has 0 bridgehead atoms. The molecule has 0 unspecified atom stereocenters. The van der Waals surface area contributed by atoms with Crippen LogP contribution in [0.4, 0.5) is 4.39 Å². The van der Waals surface area contributed by atoms with Gasteiger partial charge in [-0.05, 0) is 24.3 Å². The standard InChI is InChI=1S/C18H16FN3O3/c1-24-17-5-3-2-4-13(17)9-22-10-16(20-21-22)12-25-18-7-6-15(19)8-14(18)11-23/h2-8,10-11H,9,12H2,1H3. The molecular formula is C18H16FN3O3. The summed E-state index contributed by atoms with van der Waals surface area (Å²) < 4.78 is 25.6. The molecule has 0 saturated heterocycles. The van der Waals surface area contributed by atoms with Crippen LogP contribution in [0.25, 0.3) is 0 Å². The van der Waals surface area contributed by atoms with Crippen molar-refractivity contribution in [3.8, 4) is 11.5 Å². The normalized spacial score (nSPS) is 10.5. The number of halogens is 1. The zero-order valence-electron chi connectivity index (χ0n) is 13.6. The number of hydrogen-bond donors (Lipinski definition) is 0. The highest BCUT2D eigenvalue weighted by molar-refractivity contribution is 5.79. The fourth-order valence-corrected chi connectivity index (χ4v) is 2.38. The third kappa shape index (κ3) is 4.00. The third-order valence-corrected chi connectivity index (χ3v) is 3.59. The molecule has 7 heteroatoms. The lowest BCUT2D eigenvalue weighted by molar-refractivity contribution is 0.111. The van der Waals surface area contributed by atoms with Crippen molar-refractivity contribution in [2.75, 3.05) is 7.11 Å². The van der Waals surface area contributed by atoms with Crippen LogP contribution in [0.5, 0.6) is 11.5 Å². The van der Waals surface area contributed by atoms with Gasteiger partial charge in [0, 0.05) is 5.56 Å². The van der Waals surface area contributed by atoms with Crippen LogP contribution in [-0.2, 0) is 13.2 Å². The van der Waals surface area contributed by atoms with Gasteiger partial charge in [-0.1, -0.05) is 23.4 Å². The van der Waals surface area contributed by atoms with E-state index in [1.54, 1.807) is 18.0 Å². The first-order valence-corrected chi connectivity index (χ1v) is 7.58. The Hall–Kier alpha value is -3.22. The number of aromatic nitrogens is 3. The van der Waals surface area contributed by atoms with Gasteiger partial charge < -0.3 is 9.47 Å². The van der Waals surface area contributed by atoms with E-state index >= 15 is 0 Å². The minimum absolute atomic E-state index is 0.123. The van der Waals surface area contributed by atoms with Crippen LogP contribution in [0, 0.1) is 5.82 Å². The molecule has 1 aromatic heterocycles. The summed E-state index contributed by atoms with van der Waals surface area (Å²) in [6.45, 7) is 0.631. The van der Waals surface area contributed by atoms with Gasteiger partial charge in [0.15, 0.2) is 6.29 Å². The van der Waals surface area contributed by atoms with E-state index in [1.807, 2.05) is 24.3 Å². The highest BCUT2D eigenvalue weighted by atomic mass is 19.1. The SMILES string of the molecule is COc1ccccc1Cn1cc(COc2ccc(F)cc2C=O)nn1. The number of ether oxygens (including phenoxy) is 2. The second-order valence-electron chi connectivity index (χ2n) is 5.31. The van der Waals surface area contributed by atoms with Gasteiger partial charge in [-0.15, -0.1) is 5.10 Å². The van der Waals surface area contributed by atoms with Gasteiger partial charge in [-0.25, -0.2) is 9.07 Å². The average Bonchev–Trinajstić information content (AvgIpc) is 3.08. The summed E-state index contributed by atoms with van der Waals surface area (Å²) >= 11 is 0. The zero-order valence-corrected chi connectivity index (χ0v) is 13.6. The lowest BCUT2D eigenvalue weighted by Crippen LogP contribution is -2.02. The molecule has 0 fully saturated rings. The van der Waals surface area contributed by atoms with Crippen LogP contribution in [-0.4, -0.2) is 28.4 Å². The smallest absolute Gasteiger partial charge is 0.153 e. The fraction of sp³-hybridized carbons (Fsp3) is 0.167. The van der Waals surface area contributed by atoms with Crippen LogP contribution >= 0.6 is 0 Å². The first-order chi connectivity index (χ1) is 12.2. The number of benzene rings is 2. The molecular weight excluding hydrogens is 325 g/mol. The summed E-state index contributed by atoms with van der Waals surface area (Å²) in [6.07, 6.45) is 2.30. The summed E-state index contributed by atoms with van der Waals surface area (Å²) in [6, 6.07) is 11.4. The Morgan fingerprint density at radius 3 is 2.84 bits per heavy atom. The molecule has 0 aliphatic carbocycles. The second-order valence-corrected chi connectivity index (χ2v) is 5.31. The maximum atomic E-state index is 13.1. The van der Waals surface area contributed by atoms with Gasteiger partial charge in [0.1, 0.15) is 29.6 Å². The zero-order chi connectivity index (χ0) is 17.6. The lowest BCUT2D eigenvalue weighted by atomic mass is 10.2. The van der Waals surface area contributed by atoms with Crippen molar-refractivity contribution in [2.45, 2.75) is 13.2 Å². The van der Waals surface area contributed by atoms with Gasteiger partial charge in [-0.3, -0.25) is 4.79 Å². The Balaban J connectivity index is 1.67. The molecule has 3 rings (SSSR count). The van der Waals surface area contributed by atoms with Crippen LogP contribution in [0.1, 0.15) is 21.6 Å². The Kier molecular flexibility index (Phi) is 5.03. The average molecular weight is 341 g/mol. The molecule has 0 radical (unpaired) electrons. The molecule has 3 aromatic rings. The quantitative estimate of drug-likeness (QED) is 0.618. The largest absolute Gasteiger partial charge is 0.496 e. The molecule has 0 N–H and O–H groups in total. The number of aldehydes is 1. The molecule has 0 spiro atoms. The molecule has 25 heavy (non-hydrogen) atoms. The summed E-state index contributed by atoms with van der Waals surface area (Å²) in [4.78, 5) is 11.0. The van der Waals surface area contributed by atoms with Crippen LogP contribution < -0.4 is 9.47 Å². The number of nitrogens with zero attached hydrogens (tertiary/aromatic N) is 3. The van der Waals surface area contributed by atoms with Gasteiger partial charge >= 0.3 is 0 Å². The Labute approximate surface area is 143 Å².